The molecule has 0 spiro atoms. The van der Waals surface area contributed by atoms with Gasteiger partial charge in [-0.2, -0.15) is 0 Å². The van der Waals surface area contributed by atoms with Gasteiger partial charge in [-0.15, -0.1) is 0 Å². The molecule has 0 fully saturated rings. The predicted octanol–water partition coefficient (Wildman–Crippen LogP) is 5.40. The maximum Gasteiger partial charge on any atom is 0.356 e. The highest BCUT2D eigenvalue weighted by atomic mass is 35.5. The molecule has 182 valence electrons. The topological polar surface area (TPSA) is 74.6 Å². The molecular weight excluding hydrogens is 505 g/mol. The van der Waals surface area contributed by atoms with Crippen molar-refractivity contribution in [3.63, 3.8) is 0 Å². The number of aromatic nitrogens is 1. The highest BCUT2D eigenvalue weighted by Crippen LogP contribution is 2.42. The molecule has 9 heteroatoms. The van der Waals surface area contributed by atoms with Crippen LogP contribution in [0.4, 0.5) is 0 Å². The van der Waals surface area contributed by atoms with Crippen molar-refractivity contribution in [2.75, 3.05) is 13.2 Å². The predicted molar refractivity (Wildman–Crippen MR) is 141 cm³/mol. The molecule has 0 saturated carbocycles. The van der Waals surface area contributed by atoms with Crippen LogP contribution in [0.15, 0.2) is 77.7 Å². The van der Waals surface area contributed by atoms with Gasteiger partial charge in [0, 0.05) is 27.6 Å². The molecule has 0 bridgehead atoms. The molecule has 1 atom stereocenters. The summed E-state index contributed by atoms with van der Waals surface area (Å²) < 4.78 is 40.5. The number of halogens is 1. The van der Waals surface area contributed by atoms with Gasteiger partial charge >= 0.3 is 5.97 Å². The minimum Gasteiger partial charge on any atom is -0.461 e. The molecule has 1 unspecified atom stereocenters. The van der Waals surface area contributed by atoms with Crippen molar-refractivity contribution < 1.29 is 22.5 Å². The first kappa shape index (κ1) is 25.4. The molecule has 4 rings (SSSR count). The molecule has 3 aromatic carbocycles. The summed E-state index contributed by atoms with van der Waals surface area (Å²) in [5.41, 5.74) is 1.33. The Bertz CT molecular complexity index is 1470. The Balaban J connectivity index is 2.14. The van der Waals surface area contributed by atoms with Crippen LogP contribution < -0.4 is 10.6 Å². The molecule has 0 aliphatic rings. The second-order valence-corrected chi connectivity index (χ2v) is 11.7. The smallest absolute Gasteiger partial charge is 0.356 e. The van der Waals surface area contributed by atoms with Crippen molar-refractivity contribution in [1.29, 1.82) is 0 Å². The Kier molecular flexibility index (Phi) is 7.62. The van der Waals surface area contributed by atoms with Crippen LogP contribution >= 0.6 is 19.7 Å². The minimum absolute atomic E-state index is 0.0556. The van der Waals surface area contributed by atoms with Crippen molar-refractivity contribution >= 4 is 57.3 Å². The molecule has 4 aromatic rings. The first-order valence-corrected chi connectivity index (χ1v) is 14.2. The van der Waals surface area contributed by atoms with Gasteiger partial charge in [0.15, 0.2) is 5.69 Å². The van der Waals surface area contributed by atoms with E-state index in [-0.39, 0.29) is 17.2 Å². The second kappa shape index (κ2) is 10.5. The molecule has 0 aliphatic carbocycles. The minimum atomic E-state index is -4.16. The van der Waals surface area contributed by atoms with Crippen molar-refractivity contribution in [2.45, 2.75) is 25.7 Å². The van der Waals surface area contributed by atoms with E-state index in [4.69, 9.17) is 20.9 Å². The monoisotopic (exact) mass is 529 g/mol. The number of hydrogen-bond donors (Lipinski definition) is 0. The Hall–Kier alpha value is -2.70. The summed E-state index contributed by atoms with van der Waals surface area (Å²) in [6.07, 6.45) is 0. The lowest BCUT2D eigenvalue weighted by atomic mass is 10.2. The number of carbonyl (C=O) groups excluding carboxylic acids is 1. The lowest BCUT2D eigenvalue weighted by molar-refractivity contribution is 0.0520. The van der Waals surface area contributed by atoms with Crippen molar-refractivity contribution in [1.82, 2.24) is 3.97 Å². The van der Waals surface area contributed by atoms with Crippen molar-refractivity contribution in [3.8, 4) is 0 Å². The van der Waals surface area contributed by atoms with Crippen LogP contribution in [-0.4, -0.2) is 31.6 Å². The highest BCUT2D eigenvalue weighted by Gasteiger charge is 2.36. The van der Waals surface area contributed by atoms with E-state index in [1.54, 1.807) is 43.3 Å². The maximum absolute atomic E-state index is 13.9. The van der Waals surface area contributed by atoms with Crippen molar-refractivity contribution in [2.24, 2.45) is 0 Å². The number of nitrogens with zero attached hydrogens (tertiary/aromatic N) is 1. The molecule has 0 radical (unpaired) electrons. The fourth-order valence-electron chi connectivity index (χ4n) is 3.83. The first-order valence-electron chi connectivity index (χ1n) is 11.1. The molecule has 1 heterocycles. The zero-order valence-electron chi connectivity index (χ0n) is 19.6. The van der Waals surface area contributed by atoms with Gasteiger partial charge in [-0.05, 0) is 51.1 Å². The standard InChI is InChI=1S/C26H25ClNO5PS/c1-4-32-26(29)24-25(34(33-5-2)20-14-11-18(3)12-15-20)22-17-19(27)13-16-23(22)28(24)35(30,31)21-9-7-6-8-10-21/h6-17H,4-5H2,1-3H3. The number of carbonyl (C=O) groups is 1. The number of aryl methyl sites for hydroxylation is 1. The maximum atomic E-state index is 13.9. The largest absolute Gasteiger partial charge is 0.461 e. The lowest BCUT2D eigenvalue weighted by Gasteiger charge is -2.19. The number of fused-ring (bicyclic) bond motifs is 1. The number of benzene rings is 3. The van der Waals surface area contributed by atoms with Crippen LogP contribution in [0.3, 0.4) is 0 Å². The van der Waals surface area contributed by atoms with Crippen LogP contribution in [0, 0.1) is 6.92 Å². The Morgan fingerprint density at radius 2 is 1.66 bits per heavy atom. The highest BCUT2D eigenvalue weighted by molar-refractivity contribution is 7.90. The summed E-state index contributed by atoms with van der Waals surface area (Å²) in [5.74, 6) is -0.742. The van der Waals surface area contributed by atoms with E-state index in [9.17, 15) is 13.2 Å². The summed E-state index contributed by atoms with van der Waals surface area (Å²) in [6.45, 7) is 5.97. The van der Waals surface area contributed by atoms with E-state index in [1.165, 1.54) is 12.1 Å². The normalized spacial score (nSPS) is 12.6. The van der Waals surface area contributed by atoms with Gasteiger partial charge in [-0.1, -0.05) is 59.6 Å². The second-order valence-electron chi connectivity index (χ2n) is 7.71. The van der Waals surface area contributed by atoms with E-state index in [0.29, 0.717) is 27.8 Å². The third-order valence-electron chi connectivity index (χ3n) is 5.34. The summed E-state index contributed by atoms with van der Waals surface area (Å²) >= 11 is 6.36. The van der Waals surface area contributed by atoms with E-state index < -0.39 is 24.1 Å². The molecule has 0 N–H and O–H groups in total. The molecule has 6 nitrogen and oxygen atoms in total. The molecule has 0 amide bonds. The number of hydrogen-bond acceptors (Lipinski definition) is 5. The SMILES string of the molecule is CCOC(=O)c1c(P(OCC)c2ccc(C)cc2)c2cc(Cl)ccc2n1S(=O)(=O)c1ccccc1. The Labute approximate surface area is 211 Å². The Morgan fingerprint density at radius 3 is 2.29 bits per heavy atom. The van der Waals surface area contributed by atoms with Crippen LogP contribution in [-0.2, 0) is 19.3 Å². The number of rotatable bonds is 8. The third kappa shape index (κ3) is 4.87. The molecule has 0 saturated heterocycles. The Morgan fingerprint density at radius 1 is 0.971 bits per heavy atom. The number of esters is 1. The molecule has 0 aliphatic heterocycles. The quantitative estimate of drug-likeness (QED) is 0.226. The molecular formula is C26H25ClNO5PS. The van der Waals surface area contributed by atoms with Crippen LogP contribution in [0.2, 0.25) is 5.02 Å². The van der Waals surface area contributed by atoms with Gasteiger partial charge in [0.05, 0.1) is 25.2 Å². The average molecular weight is 530 g/mol. The van der Waals surface area contributed by atoms with E-state index in [0.717, 1.165) is 14.8 Å². The third-order valence-corrected chi connectivity index (χ3v) is 9.45. The zero-order chi connectivity index (χ0) is 25.2. The first-order chi connectivity index (χ1) is 16.8. The average Bonchev–Trinajstić information content (AvgIpc) is 3.19. The summed E-state index contributed by atoms with van der Waals surface area (Å²) in [7, 11) is -5.74. The summed E-state index contributed by atoms with van der Waals surface area (Å²) in [4.78, 5) is 13.5. The van der Waals surface area contributed by atoms with Gasteiger partial charge in [-0.3, -0.25) is 0 Å². The van der Waals surface area contributed by atoms with Crippen LogP contribution in [0.25, 0.3) is 10.9 Å². The van der Waals surface area contributed by atoms with Gasteiger partial charge in [0.25, 0.3) is 10.0 Å². The van der Waals surface area contributed by atoms with E-state index >= 15 is 0 Å². The van der Waals surface area contributed by atoms with E-state index in [1.807, 2.05) is 38.1 Å². The zero-order valence-corrected chi connectivity index (χ0v) is 22.0. The van der Waals surface area contributed by atoms with Crippen LogP contribution in [0.5, 0.6) is 0 Å². The fraction of sp³-hybridized carbons (Fsp3) is 0.192. The molecule has 1 aromatic heterocycles. The number of ether oxygens (including phenoxy) is 1. The fourth-order valence-corrected chi connectivity index (χ4v) is 7.60. The van der Waals surface area contributed by atoms with Gasteiger partial charge in [0.2, 0.25) is 0 Å². The van der Waals surface area contributed by atoms with E-state index in [2.05, 4.69) is 0 Å². The lowest BCUT2D eigenvalue weighted by Crippen LogP contribution is -2.26. The van der Waals surface area contributed by atoms with Gasteiger partial charge in [-0.25, -0.2) is 17.2 Å². The summed E-state index contributed by atoms with van der Waals surface area (Å²) in [5, 5.41) is 2.24. The van der Waals surface area contributed by atoms with Crippen LogP contribution in [0.1, 0.15) is 29.9 Å². The van der Waals surface area contributed by atoms with Crippen molar-refractivity contribution in [3.05, 3.63) is 89.1 Å². The molecule has 35 heavy (non-hydrogen) atoms. The van der Waals surface area contributed by atoms with Gasteiger partial charge < -0.3 is 9.26 Å². The van der Waals surface area contributed by atoms with Gasteiger partial charge in [0.1, 0.15) is 0 Å². The summed E-state index contributed by atoms with van der Waals surface area (Å²) in [6, 6.07) is 20.7.